The Labute approximate surface area is 152 Å². The van der Waals surface area contributed by atoms with Gasteiger partial charge in [-0.2, -0.15) is 0 Å². The first-order valence-corrected chi connectivity index (χ1v) is 9.62. The second-order valence-corrected chi connectivity index (χ2v) is 8.46. The molecule has 1 N–H and O–H groups in total. The van der Waals surface area contributed by atoms with Gasteiger partial charge >= 0.3 is 0 Å². The Balaban J connectivity index is 2.51. The fraction of sp³-hybridized carbons (Fsp3) is 0.381. The van der Waals surface area contributed by atoms with E-state index in [1.165, 1.54) is 10.9 Å². The second-order valence-electron chi connectivity index (χ2n) is 6.57. The number of aliphatic imine (C=N–C) groups is 1. The molecule has 0 saturated carbocycles. The smallest absolute Gasteiger partial charge is 0.119 e. The molecule has 134 valence electrons. The summed E-state index contributed by atoms with van der Waals surface area (Å²) < 4.78 is 5.38. The molecule has 0 heterocycles. The molecular formula is C21H28NO2P. The molecule has 0 aliphatic rings. The summed E-state index contributed by atoms with van der Waals surface area (Å²) in [6.45, 7) is 6.51. The molecule has 0 aromatic heterocycles. The maximum atomic E-state index is 10.5. The summed E-state index contributed by atoms with van der Waals surface area (Å²) in [5.41, 5.74) is 3.34. The van der Waals surface area contributed by atoms with E-state index in [-0.39, 0.29) is 5.16 Å². The van der Waals surface area contributed by atoms with Gasteiger partial charge < -0.3 is 9.84 Å². The molecule has 0 aliphatic heterocycles. The van der Waals surface area contributed by atoms with Crippen LogP contribution in [0.1, 0.15) is 43.4 Å². The van der Waals surface area contributed by atoms with Crippen molar-refractivity contribution in [3.63, 3.8) is 0 Å². The van der Waals surface area contributed by atoms with Crippen LogP contribution in [0.3, 0.4) is 0 Å². The number of hydrogen-bond donors (Lipinski definition) is 1. The standard InChI is InChI=1S/C21H28NO2P/c1-6-11-21(3,18-13-17(24-5)8-9-19(18)23)25-20-10-7-15(2)12-16(20)14-22-4/h7-10,12-14,23,25H,6,11H2,1-5H3/b22-14+. The maximum Gasteiger partial charge on any atom is 0.119 e. The van der Waals surface area contributed by atoms with Crippen molar-refractivity contribution < 1.29 is 9.84 Å². The minimum atomic E-state index is -0.154. The van der Waals surface area contributed by atoms with Crippen molar-refractivity contribution >= 4 is 20.1 Å². The summed E-state index contributed by atoms with van der Waals surface area (Å²) in [5, 5.41) is 11.6. The van der Waals surface area contributed by atoms with Crippen LogP contribution in [0.25, 0.3) is 0 Å². The van der Waals surface area contributed by atoms with Gasteiger partial charge in [-0.25, -0.2) is 0 Å². The summed E-state index contributed by atoms with van der Waals surface area (Å²) in [4.78, 5) is 4.21. The molecule has 0 radical (unpaired) electrons. The Morgan fingerprint density at radius 3 is 2.64 bits per heavy atom. The number of benzene rings is 2. The number of phenols is 1. The quantitative estimate of drug-likeness (QED) is 0.572. The van der Waals surface area contributed by atoms with Gasteiger partial charge in [-0.3, -0.25) is 4.99 Å². The van der Waals surface area contributed by atoms with Crippen LogP contribution in [0.4, 0.5) is 0 Å². The monoisotopic (exact) mass is 357 g/mol. The highest BCUT2D eigenvalue weighted by Crippen LogP contribution is 2.49. The Kier molecular flexibility index (Phi) is 6.61. The van der Waals surface area contributed by atoms with Gasteiger partial charge in [-0.15, -0.1) is 0 Å². The number of phenolic OH excluding ortho intramolecular Hbond substituents is 1. The van der Waals surface area contributed by atoms with E-state index in [0.717, 1.165) is 29.7 Å². The number of methoxy groups -OCH3 is 1. The Hall–Kier alpha value is -1.86. The van der Waals surface area contributed by atoms with Crippen molar-refractivity contribution in [1.29, 1.82) is 0 Å². The van der Waals surface area contributed by atoms with Gasteiger partial charge in [-0.1, -0.05) is 46.5 Å². The number of nitrogens with zero attached hydrogens (tertiary/aromatic N) is 1. The summed E-state index contributed by atoms with van der Waals surface area (Å²) in [5.74, 6) is 1.11. The summed E-state index contributed by atoms with van der Waals surface area (Å²) in [7, 11) is 3.98. The summed E-state index contributed by atoms with van der Waals surface area (Å²) in [6, 6.07) is 12.0. The molecule has 2 rings (SSSR count). The van der Waals surface area contributed by atoms with Gasteiger partial charge in [0.1, 0.15) is 11.5 Å². The van der Waals surface area contributed by atoms with Gasteiger partial charge in [0.2, 0.25) is 0 Å². The van der Waals surface area contributed by atoms with Crippen LogP contribution < -0.4 is 10.0 Å². The van der Waals surface area contributed by atoms with Gasteiger partial charge in [0.15, 0.2) is 0 Å². The minimum Gasteiger partial charge on any atom is -0.508 e. The highest BCUT2D eigenvalue weighted by atomic mass is 31.1. The van der Waals surface area contributed by atoms with Crippen LogP contribution >= 0.6 is 8.58 Å². The zero-order valence-electron chi connectivity index (χ0n) is 15.8. The fourth-order valence-electron chi connectivity index (χ4n) is 3.19. The van der Waals surface area contributed by atoms with Crippen LogP contribution in [0.5, 0.6) is 11.5 Å². The number of aryl methyl sites for hydroxylation is 1. The van der Waals surface area contributed by atoms with E-state index in [1.54, 1.807) is 26.3 Å². The Bertz CT molecular complexity index is 758. The van der Waals surface area contributed by atoms with E-state index in [0.29, 0.717) is 14.3 Å². The molecule has 0 fully saturated rings. The van der Waals surface area contributed by atoms with Crippen molar-refractivity contribution in [2.45, 2.75) is 38.8 Å². The lowest BCUT2D eigenvalue weighted by Crippen LogP contribution is -2.21. The second kappa shape index (κ2) is 8.49. The van der Waals surface area contributed by atoms with E-state index in [4.69, 9.17) is 4.74 Å². The Morgan fingerprint density at radius 2 is 2.00 bits per heavy atom. The molecule has 0 spiro atoms. The Morgan fingerprint density at radius 1 is 1.24 bits per heavy atom. The van der Waals surface area contributed by atoms with Crippen molar-refractivity contribution in [3.8, 4) is 11.5 Å². The van der Waals surface area contributed by atoms with Gasteiger partial charge in [-0.05, 0) is 48.5 Å². The third-order valence-electron chi connectivity index (χ3n) is 4.43. The molecule has 2 aromatic rings. The zero-order chi connectivity index (χ0) is 18.4. The third kappa shape index (κ3) is 4.61. The molecule has 0 aliphatic carbocycles. The van der Waals surface area contributed by atoms with Crippen LogP contribution in [-0.2, 0) is 5.16 Å². The molecule has 4 heteroatoms. The number of aromatic hydroxyl groups is 1. The molecule has 3 nitrogen and oxygen atoms in total. The molecule has 25 heavy (non-hydrogen) atoms. The summed E-state index contributed by atoms with van der Waals surface area (Å²) >= 11 is 0. The molecular weight excluding hydrogens is 329 g/mol. The lowest BCUT2D eigenvalue weighted by molar-refractivity contribution is 0.407. The van der Waals surface area contributed by atoms with Gasteiger partial charge in [0.25, 0.3) is 0 Å². The van der Waals surface area contributed by atoms with E-state index >= 15 is 0 Å². The lowest BCUT2D eigenvalue weighted by atomic mass is 9.94. The molecule has 0 amide bonds. The zero-order valence-corrected chi connectivity index (χ0v) is 16.8. The largest absolute Gasteiger partial charge is 0.508 e. The molecule has 2 unspecified atom stereocenters. The number of ether oxygens (including phenoxy) is 1. The minimum absolute atomic E-state index is 0.154. The van der Waals surface area contributed by atoms with Crippen LogP contribution in [0.15, 0.2) is 41.4 Å². The van der Waals surface area contributed by atoms with Crippen molar-refractivity contribution in [2.24, 2.45) is 4.99 Å². The third-order valence-corrected chi connectivity index (χ3v) is 6.23. The molecule has 0 saturated heterocycles. The molecule has 0 bridgehead atoms. The molecule has 2 aromatic carbocycles. The van der Waals surface area contributed by atoms with E-state index in [2.05, 4.69) is 44.0 Å². The van der Waals surface area contributed by atoms with E-state index in [9.17, 15) is 5.11 Å². The van der Waals surface area contributed by atoms with E-state index in [1.807, 2.05) is 12.3 Å². The summed E-state index contributed by atoms with van der Waals surface area (Å²) in [6.07, 6.45) is 3.96. The molecule has 2 atom stereocenters. The highest BCUT2D eigenvalue weighted by molar-refractivity contribution is 7.48. The first-order chi connectivity index (χ1) is 11.9. The topological polar surface area (TPSA) is 41.8 Å². The number of rotatable bonds is 7. The van der Waals surface area contributed by atoms with Crippen LogP contribution in [0, 0.1) is 6.92 Å². The highest BCUT2D eigenvalue weighted by Gasteiger charge is 2.30. The fourth-order valence-corrected chi connectivity index (χ4v) is 4.94. The normalized spacial score (nSPS) is 14.3. The first-order valence-electron chi connectivity index (χ1n) is 8.62. The first kappa shape index (κ1) is 19.5. The average molecular weight is 357 g/mol. The van der Waals surface area contributed by atoms with Crippen LogP contribution in [0.2, 0.25) is 0 Å². The van der Waals surface area contributed by atoms with Crippen molar-refractivity contribution in [3.05, 3.63) is 53.1 Å². The van der Waals surface area contributed by atoms with Crippen LogP contribution in [-0.4, -0.2) is 25.5 Å². The SMILES string of the molecule is CCCC(C)(Pc1ccc(C)cc1/C=N/C)c1cc(OC)ccc1O. The average Bonchev–Trinajstić information content (AvgIpc) is 2.58. The predicted octanol–water partition coefficient (Wildman–Crippen LogP) is 4.78. The lowest BCUT2D eigenvalue weighted by Gasteiger charge is -2.32. The van der Waals surface area contributed by atoms with E-state index < -0.39 is 0 Å². The van der Waals surface area contributed by atoms with Crippen molar-refractivity contribution in [2.75, 3.05) is 14.2 Å². The van der Waals surface area contributed by atoms with Crippen molar-refractivity contribution in [1.82, 2.24) is 0 Å². The van der Waals surface area contributed by atoms with Gasteiger partial charge in [0.05, 0.1) is 7.11 Å². The number of hydrogen-bond acceptors (Lipinski definition) is 3. The maximum absolute atomic E-state index is 10.5. The predicted molar refractivity (Wildman–Crippen MR) is 110 cm³/mol. The van der Waals surface area contributed by atoms with Gasteiger partial charge in [0, 0.05) is 24.0 Å².